The van der Waals surface area contributed by atoms with Crippen molar-refractivity contribution in [2.24, 2.45) is 5.92 Å². The van der Waals surface area contributed by atoms with Gasteiger partial charge in [-0.2, -0.15) is 0 Å². The van der Waals surface area contributed by atoms with Crippen LogP contribution in [-0.4, -0.2) is 43.9 Å². The highest BCUT2D eigenvalue weighted by Gasteiger charge is 2.49. The Hall–Kier alpha value is -1.75. The van der Waals surface area contributed by atoms with E-state index in [9.17, 15) is 19.5 Å². The topological polar surface area (TPSA) is 237 Å². The maximum Gasteiger partial charge on any atom is 0.337 e. The second-order valence-electron chi connectivity index (χ2n) is 5.25. The minimum Gasteiger partial charge on any atom is -0.481 e. The maximum atomic E-state index is 11.2. The second-order valence-corrected chi connectivity index (χ2v) is 5.25. The van der Waals surface area contributed by atoms with Crippen LogP contribution >= 0.6 is 0 Å². The van der Waals surface area contributed by atoms with E-state index in [2.05, 4.69) is 6.92 Å². The minimum atomic E-state index is -2.78. The third-order valence-corrected chi connectivity index (χ3v) is 3.51. The number of carboxylic acids is 3. The third-order valence-electron chi connectivity index (χ3n) is 3.51. The molecule has 2 atom stereocenters. The molecule has 10 heteroatoms. The molecule has 0 spiro atoms. The molecule has 0 amide bonds. The molecule has 0 aliphatic carbocycles. The Balaban J connectivity index is -0.000000667. The van der Waals surface area contributed by atoms with Crippen molar-refractivity contribution < 1.29 is 34.8 Å². The van der Waals surface area contributed by atoms with E-state index in [1.54, 1.807) is 0 Å². The molecular weight excluding hydrogens is 322 g/mol. The number of carbonyl (C=O) groups is 3. The smallest absolute Gasteiger partial charge is 0.337 e. The van der Waals surface area contributed by atoms with Gasteiger partial charge in [0.25, 0.3) is 0 Å². The summed E-state index contributed by atoms with van der Waals surface area (Å²) in [6.45, 7) is 2.07. The molecule has 0 saturated heterocycles. The number of carboxylic acid groups (broad SMARTS) is 3. The van der Waals surface area contributed by atoms with E-state index in [0.717, 1.165) is 32.1 Å². The zero-order valence-electron chi connectivity index (χ0n) is 14.4. The summed E-state index contributed by atoms with van der Waals surface area (Å²) in [5.74, 6) is -6.48. The van der Waals surface area contributed by atoms with Gasteiger partial charge in [0.05, 0.1) is 12.3 Å². The first-order chi connectivity index (χ1) is 9.75. The molecule has 0 aromatic heterocycles. The van der Waals surface area contributed by atoms with Crippen molar-refractivity contribution >= 4 is 17.9 Å². The van der Waals surface area contributed by atoms with Crippen LogP contribution in [0.4, 0.5) is 0 Å². The van der Waals surface area contributed by atoms with Crippen molar-refractivity contribution in [1.29, 1.82) is 0 Å². The normalized spacial score (nSPS) is 13.2. The number of aliphatic hydroxyl groups is 1. The van der Waals surface area contributed by atoms with Gasteiger partial charge in [0.1, 0.15) is 0 Å². The first-order valence-electron chi connectivity index (χ1n) is 7.16. The fourth-order valence-corrected chi connectivity index (χ4v) is 2.27. The summed E-state index contributed by atoms with van der Waals surface area (Å²) >= 11 is 0. The van der Waals surface area contributed by atoms with Crippen molar-refractivity contribution in [3.63, 3.8) is 0 Å². The van der Waals surface area contributed by atoms with E-state index in [1.165, 1.54) is 0 Å². The Morgan fingerprint density at radius 3 is 1.71 bits per heavy atom. The van der Waals surface area contributed by atoms with Crippen LogP contribution in [-0.2, 0) is 14.4 Å². The van der Waals surface area contributed by atoms with Gasteiger partial charge in [-0.1, -0.05) is 45.4 Å². The van der Waals surface area contributed by atoms with Crippen LogP contribution in [0.3, 0.4) is 0 Å². The second kappa shape index (κ2) is 14.8. The first kappa shape index (κ1) is 30.2. The Morgan fingerprint density at radius 1 is 0.875 bits per heavy atom. The predicted molar refractivity (Wildman–Crippen MR) is 89.0 cm³/mol. The zero-order valence-corrected chi connectivity index (χ0v) is 14.4. The lowest BCUT2D eigenvalue weighted by Crippen LogP contribution is -2.50. The van der Waals surface area contributed by atoms with E-state index < -0.39 is 35.8 Å². The Morgan fingerprint density at radius 2 is 1.33 bits per heavy atom. The van der Waals surface area contributed by atoms with Crippen LogP contribution in [0.2, 0.25) is 0 Å². The van der Waals surface area contributed by atoms with E-state index in [-0.39, 0.29) is 24.9 Å². The van der Waals surface area contributed by atoms with E-state index in [4.69, 9.17) is 15.3 Å². The number of hydrogen-bond acceptors (Lipinski definition) is 7. The molecule has 0 bridgehead atoms. The van der Waals surface area contributed by atoms with E-state index >= 15 is 0 Å². The summed E-state index contributed by atoms with van der Waals surface area (Å²) in [4.78, 5) is 33.0. The molecule has 0 aliphatic rings. The monoisotopic (exact) mass is 355 g/mol. The lowest BCUT2D eigenvalue weighted by molar-refractivity contribution is -0.179. The summed E-state index contributed by atoms with van der Waals surface area (Å²) in [6.07, 6.45) is 4.07. The van der Waals surface area contributed by atoms with E-state index in [0.29, 0.717) is 6.42 Å². The molecule has 0 heterocycles. The number of unbranched alkanes of at least 4 members (excludes halogenated alkanes) is 5. The molecular formula is C14H33N3O7. The number of aliphatic carboxylic acids is 3. The van der Waals surface area contributed by atoms with Gasteiger partial charge >= 0.3 is 17.9 Å². The van der Waals surface area contributed by atoms with Gasteiger partial charge in [0, 0.05) is 0 Å². The standard InChI is InChI=1S/C14H24O7.3H3N/c1-2-3-4-5-6-7-8-10(12(17)18)14(21,13(19)20)9-11(15)16;;;/h10,21H,2-9H2,1H3,(H,15,16)(H,17,18)(H,19,20);3*1H3. The van der Waals surface area contributed by atoms with Crippen molar-refractivity contribution in [3.8, 4) is 0 Å². The van der Waals surface area contributed by atoms with Gasteiger partial charge in [-0.05, 0) is 6.42 Å². The van der Waals surface area contributed by atoms with Crippen LogP contribution in [0.25, 0.3) is 0 Å². The van der Waals surface area contributed by atoms with Gasteiger partial charge in [-0.3, -0.25) is 9.59 Å². The highest BCUT2D eigenvalue weighted by molar-refractivity contribution is 5.89. The van der Waals surface area contributed by atoms with Gasteiger partial charge in [-0.15, -0.1) is 0 Å². The lowest BCUT2D eigenvalue weighted by atomic mass is 9.81. The summed E-state index contributed by atoms with van der Waals surface area (Å²) in [7, 11) is 0. The number of rotatable bonds is 12. The molecule has 0 aromatic rings. The van der Waals surface area contributed by atoms with E-state index in [1.807, 2.05) is 0 Å². The highest BCUT2D eigenvalue weighted by Crippen LogP contribution is 2.28. The van der Waals surface area contributed by atoms with Gasteiger partial charge in [-0.25, -0.2) is 4.79 Å². The molecule has 0 fully saturated rings. The SMILES string of the molecule is CCCCCCCCC(C(=O)O)C(O)(CC(=O)O)C(=O)O.N.N.N. The molecule has 13 N–H and O–H groups in total. The average Bonchev–Trinajstić information content (AvgIpc) is 2.36. The van der Waals surface area contributed by atoms with Gasteiger partial charge in [0.15, 0.2) is 5.60 Å². The molecule has 24 heavy (non-hydrogen) atoms. The minimum absolute atomic E-state index is 0. The Bertz CT molecular complexity index is 379. The van der Waals surface area contributed by atoms with Crippen LogP contribution < -0.4 is 18.5 Å². The van der Waals surface area contributed by atoms with Crippen molar-refractivity contribution in [1.82, 2.24) is 18.5 Å². The first-order valence-corrected chi connectivity index (χ1v) is 7.16. The molecule has 0 aliphatic heterocycles. The largest absolute Gasteiger partial charge is 0.481 e. The third kappa shape index (κ3) is 10.1. The van der Waals surface area contributed by atoms with Gasteiger partial charge < -0.3 is 38.9 Å². The van der Waals surface area contributed by atoms with Gasteiger partial charge in [0.2, 0.25) is 0 Å². The molecule has 0 saturated carbocycles. The fourth-order valence-electron chi connectivity index (χ4n) is 2.27. The van der Waals surface area contributed by atoms with Crippen molar-refractivity contribution in [2.75, 3.05) is 0 Å². The molecule has 0 aromatic carbocycles. The summed E-state index contributed by atoms with van der Waals surface area (Å²) < 4.78 is 0. The molecule has 10 nitrogen and oxygen atoms in total. The highest BCUT2D eigenvalue weighted by atomic mass is 16.4. The Labute approximate surface area is 142 Å². The maximum absolute atomic E-state index is 11.2. The van der Waals surface area contributed by atoms with Crippen LogP contribution in [0.15, 0.2) is 0 Å². The molecule has 0 radical (unpaired) electrons. The van der Waals surface area contributed by atoms with Crippen molar-refractivity contribution in [2.45, 2.75) is 63.9 Å². The quantitative estimate of drug-likeness (QED) is 0.252. The van der Waals surface area contributed by atoms with Crippen LogP contribution in [0.1, 0.15) is 58.3 Å². The molecule has 146 valence electrons. The lowest BCUT2D eigenvalue weighted by Gasteiger charge is -2.28. The summed E-state index contributed by atoms with van der Waals surface area (Å²) in [5.41, 5.74) is -2.78. The average molecular weight is 355 g/mol. The number of hydrogen-bond donors (Lipinski definition) is 7. The summed E-state index contributed by atoms with van der Waals surface area (Å²) in [6, 6.07) is 0. The fraction of sp³-hybridized carbons (Fsp3) is 0.786. The van der Waals surface area contributed by atoms with Crippen LogP contribution in [0.5, 0.6) is 0 Å². The summed E-state index contributed by atoms with van der Waals surface area (Å²) in [5, 5.41) is 36.7. The predicted octanol–water partition coefficient (Wildman–Crippen LogP) is 2.21. The molecule has 2 unspecified atom stereocenters. The zero-order chi connectivity index (χ0) is 16.5. The Kier molecular flexibility index (Phi) is 18.6. The van der Waals surface area contributed by atoms with Crippen LogP contribution in [0, 0.1) is 5.92 Å². The van der Waals surface area contributed by atoms with Crippen molar-refractivity contribution in [3.05, 3.63) is 0 Å². The molecule has 0 rings (SSSR count).